The molecule has 0 aromatic rings. The fourth-order valence-corrected chi connectivity index (χ4v) is 2.76. The molecule has 3 atom stereocenters. The van der Waals surface area contributed by atoms with Crippen LogP contribution in [0.4, 0.5) is 0 Å². The topological polar surface area (TPSA) is 18.5 Å². The minimum absolute atomic E-state index is 0.0324. The van der Waals surface area contributed by atoms with Crippen molar-refractivity contribution in [3.05, 3.63) is 12.2 Å². The monoisotopic (exact) mass is 196 g/mol. The standard InChI is InChI=1S/C12H20O2/c1-3-13-12(14-4-2)11-8-9-5-6-10(11)7-9/h5-6,9-12H,3-4,7-8H2,1-2H3. The van der Waals surface area contributed by atoms with E-state index in [0.717, 1.165) is 19.1 Å². The number of ether oxygens (including phenoxy) is 2. The Balaban J connectivity index is 1.94. The second kappa shape index (κ2) is 4.45. The lowest BCUT2D eigenvalue weighted by Crippen LogP contribution is -2.30. The molecule has 0 N–H and O–H groups in total. The average Bonchev–Trinajstić information content (AvgIpc) is 2.78. The van der Waals surface area contributed by atoms with Crippen LogP contribution in [0.2, 0.25) is 0 Å². The molecular weight excluding hydrogens is 176 g/mol. The zero-order chi connectivity index (χ0) is 9.97. The van der Waals surface area contributed by atoms with Gasteiger partial charge in [-0.3, -0.25) is 0 Å². The Bertz CT molecular complexity index is 206. The van der Waals surface area contributed by atoms with E-state index in [2.05, 4.69) is 12.2 Å². The molecule has 2 rings (SSSR count). The highest BCUT2D eigenvalue weighted by Gasteiger charge is 2.40. The van der Waals surface area contributed by atoms with E-state index in [4.69, 9.17) is 9.47 Å². The van der Waals surface area contributed by atoms with Gasteiger partial charge in [0.1, 0.15) is 0 Å². The van der Waals surface area contributed by atoms with E-state index in [0.29, 0.717) is 11.8 Å². The summed E-state index contributed by atoms with van der Waals surface area (Å²) in [5, 5.41) is 0. The lowest BCUT2D eigenvalue weighted by Gasteiger charge is -2.27. The van der Waals surface area contributed by atoms with Crippen molar-refractivity contribution in [2.24, 2.45) is 17.8 Å². The first-order valence-corrected chi connectivity index (χ1v) is 5.76. The number of fused-ring (bicyclic) bond motifs is 2. The van der Waals surface area contributed by atoms with Crippen molar-refractivity contribution in [3.8, 4) is 0 Å². The summed E-state index contributed by atoms with van der Waals surface area (Å²) in [4.78, 5) is 0. The molecule has 1 saturated carbocycles. The van der Waals surface area contributed by atoms with Gasteiger partial charge in [-0.2, -0.15) is 0 Å². The highest BCUT2D eigenvalue weighted by molar-refractivity contribution is 5.10. The van der Waals surface area contributed by atoms with Crippen LogP contribution in [0.3, 0.4) is 0 Å². The molecule has 0 aliphatic heterocycles. The Kier molecular flexibility index (Phi) is 3.24. The Labute approximate surface area is 86.3 Å². The van der Waals surface area contributed by atoms with Gasteiger partial charge in [0.2, 0.25) is 0 Å². The second-order valence-electron chi connectivity index (χ2n) is 4.22. The van der Waals surface area contributed by atoms with Crippen LogP contribution < -0.4 is 0 Å². The van der Waals surface area contributed by atoms with Crippen molar-refractivity contribution in [1.29, 1.82) is 0 Å². The molecule has 0 saturated heterocycles. The van der Waals surface area contributed by atoms with Crippen LogP contribution >= 0.6 is 0 Å². The van der Waals surface area contributed by atoms with Gasteiger partial charge in [0.15, 0.2) is 6.29 Å². The van der Waals surface area contributed by atoms with Gasteiger partial charge in [0.25, 0.3) is 0 Å². The van der Waals surface area contributed by atoms with Crippen LogP contribution in [0.25, 0.3) is 0 Å². The SMILES string of the molecule is CCOC(OCC)C1CC2C=CC1C2. The molecule has 0 aromatic carbocycles. The first kappa shape index (κ1) is 10.2. The van der Waals surface area contributed by atoms with E-state index >= 15 is 0 Å². The number of hydrogen-bond acceptors (Lipinski definition) is 2. The molecule has 1 fully saturated rings. The molecule has 0 radical (unpaired) electrons. The predicted molar refractivity (Wildman–Crippen MR) is 55.9 cm³/mol. The maximum absolute atomic E-state index is 5.66. The zero-order valence-electron chi connectivity index (χ0n) is 9.11. The molecule has 0 amide bonds. The zero-order valence-corrected chi connectivity index (χ0v) is 9.11. The van der Waals surface area contributed by atoms with Gasteiger partial charge in [0.05, 0.1) is 0 Å². The smallest absolute Gasteiger partial charge is 0.160 e. The summed E-state index contributed by atoms with van der Waals surface area (Å²) in [5.74, 6) is 2.11. The normalized spacial score (nSPS) is 34.6. The summed E-state index contributed by atoms with van der Waals surface area (Å²) >= 11 is 0. The third-order valence-corrected chi connectivity index (χ3v) is 3.34. The van der Waals surface area contributed by atoms with Crippen molar-refractivity contribution in [2.75, 3.05) is 13.2 Å². The van der Waals surface area contributed by atoms with E-state index < -0.39 is 0 Å². The van der Waals surface area contributed by atoms with Crippen LogP contribution in [0.5, 0.6) is 0 Å². The Morgan fingerprint density at radius 2 is 1.86 bits per heavy atom. The Morgan fingerprint density at radius 3 is 2.29 bits per heavy atom. The molecule has 2 aliphatic rings. The largest absolute Gasteiger partial charge is 0.353 e. The molecule has 2 aliphatic carbocycles. The first-order chi connectivity index (χ1) is 6.85. The number of rotatable bonds is 5. The minimum Gasteiger partial charge on any atom is -0.353 e. The van der Waals surface area contributed by atoms with Crippen LogP contribution in [-0.4, -0.2) is 19.5 Å². The van der Waals surface area contributed by atoms with Crippen molar-refractivity contribution < 1.29 is 9.47 Å². The summed E-state index contributed by atoms with van der Waals surface area (Å²) in [5.41, 5.74) is 0. The summed E-state index contributed by atoms with van der Waals surface area (Å²) < 4.78 is 11.3. The van der Waals surface area contributed by atoms with Gasteiger partial charge in [-0.05, 0) is 38.5 Å². The van der Waals surface area contributed by atoms with Gasteiger partial charge < -0.3 is 9.47 Å². The molecule has 2 nitrogen and oxygen atoms in total. The second-order valence-corrected chi connectivity index (χ2v) is 4.22. The molecule has 80 valence electrons. The average molecular weight is 196 g/mol. The molecular formula is C12H20O2. The van der Waals surface area contributed by atoms with Gasteiger partial charge >= 0.3 is 0 Å². The number of allylic oxidation sites excluding steroid dienone is 2. The third kappa shape index (κ3) is 1.86. The predicted octanol–water partition coefficient (Wildman–Crippen LogP) is 2.60. The molecule has 0 heterocycles. The Hall–Kier alpha value is -0.340. The lowest BCUT2D eigenvalue weighted by molar-refractivity contribution is -0.171. The van der Waals surface area contributed by atoms with Crippen molar-refractivity contribution in [3.63, 3.8) is 0 Å². The minimum atomic E-state index is 0.0324. The first-order valence-electron chi connectivity index (χ1n) is 5.76. The summed E-state index contributed by atoms with van der Waals surface area (Å²) in [6.07, 6.45) is 7.32. The lowest BCUT2D eigenvalue weighted by atomic mass is 9.93. The Morgan fingerprint density at radius 1 is 1.14 bits per heavy atom. The van der Waals surface area contributed by atoms with Crippen molar-refractivity contribution in [2.45, 2.75) is 33.0 Å². The molecule has 0 spiro atoms. The third-order valence-electron chi connectivity index (χ3n) is 3.34. The summed E-state index contributed by atoms with van der Waals surface area (Å²) in [7, 11) is 0. The molecule has 0 aromatic heterocycles. The van der Waals surface area contributed by atoms with Gasteiger partial charge in [-0.15, -0.1) is 0 Å². The maximum Gasteiger partial charge on any atom is 0.160 e. The molecule has 2 bridgehead atoms. The fraction of sp³-hybridized carbons (Fsp3) is 0.833. The van der Waals surface area contributed by atoms with Crippen LogP contribution in [0.1, 0.15) is 26.7 Å². The molecule has 14 heavy (non-hydrogen) atoms. The summed E-state index contributed by atoms with van der Waals surface area (Å²) in [6.45, 7) is 5.58. The van der Waals surface area contributed by atoms with Crippen molar-refractivity contribution >= 4 is 0 Å². The quantitative estimate of drug-likeness (QED) is 0.497. The fourth-order valence-electron chi connectivity index (χ4n) is 2.76. The van der Waals surface area contributed by atoms with E-state index in [1.807, 2.05) is 13.8 Å². The highest BCUT2D eigenvalue weighted by Crippen LogP contribution is 2.45. The van der Waals surface area contributed by atoms with Crippen LogP contribution in [0, 0.1) is 17.8 Å². The maximum atomic E-state index is 5.66. The van der Waals surface area contributed by atoms with E-state index in [1.165, 1.54) is 12.8 Å². The van der Waals surface area contributed by atoms with Crippen LogP contribution in [-0.2, 0) is 9.47 Å². The number of hydrogen-bond donors (Lipinski definition) is 0. The van der Waals surface area contributed by atoms with E-state index in [-0.39, 0.29) is 6.29 Å². The summed E-state index contributed by atoms with van der Waals surface area (Å²) in [6, 6.07) is 0. The highest BCUT2D eigenvalue weighted by atomic mass is 16.7. The molecule has 3 unspecified atom stereocenters. The molecule has 2 heteroatoms. The van der Waals surface area contributed by atoms with Gasteiger partial charge in [-0.1, -0.05) is 12.2 Å². The van der Waals surface area contributed by atoms with Gasteiger partial charge in [0, 0.05) is 19.1 Å². The van der Waals surface area contributed by atoms with E-state index in [1.54, 1.807) is 0 Å². The van der Waals surface area contributed by atoms with E-state index in [9.17, 15) is 0 Å². The van der Waals surface area contributed by atoms with Crippen LogP contribution in [0.15, 0.2) is 12.2 Å². The van der Waals surface area contributed by atoms with Gasteiger partial charge in [-0.25, -0.2) is 0 Å². The van der Waals surface area contributed by atoms with Crippen molar-refractivity contribution in [1.82, 2.24) is 0 Å².